The summed E-state index contributed by atoms with van der Waals surface area (Å²) in [5.41, 5.74) is 0. The van der Waals surface area contributed by atoms with Crippen LogP contribution in [0.3, 0.4) is 0 Å². The summed E-state index contributed by atoms with van der Waals surface area (Å²) in [7, 11) is 0. The third-order valence-electron chi connectivity index (χ3n) is 2.10. The van der Waals surface area contributed by atoms with Gasteiger partial charge in [-0.3, -0.25) is 4.79 Å². The van der Waals surface area contributed by atoms with E-state index < -0.39 is 0 Å². The average molecular weight is 170 g/mol. The highest BCUT2D eigenvalue weighted by Crippen LogP contribution is 2.04. The van der Waals surface area contributed by atoms with E-state index >= 15 is 0 Å². The number of piperazine rings is 1. The number of carbonyl (C=O) groups excluding carboxylic acids is 1. The molecule has 1 rings (SSSR count). The van der Waals surface area contributed by atoms with Crippen LogP contribution in [0.25, 0.3) is 0 Å². The smallest absolute Gasteiger partial charge is 0.239 e. The summed E-state index contributed by atoms with van der Waals surface area (Å²) in [6.07, 6.45) is 0. The molecule has 0 bridgehead atoms. The normalized spacial score (nSPS) is 25.2. The summed E-state index contributed by atoms with van der Waals surface area (Å²) in [6, 6.07) is 0.0116. The lowest BCUT2D eigenvalue weighted by Gasteiger charge is -2.32. The first-order valence-corrected chi connectivity index (χ1v) is 4.63. The number of amides is 1. The van der Waals surface area contributed by atoms with E-state index in [-0.39, 0.29) is 11.9 Å². The summed E-state index contributed by atoms with van der Waals surface area (Å²) < 4.78 is 0. The van der Waals surface area contributed by atoms with Crippen LogP contribution in [0.1, 0.15) is 20.8 Å². The number of hydrogen-bond acceptors (Lipinski definition) is 2. The van der Waals surface area contributed by atoms with Crippen molar-refractivity contribution in [1.29, 1.82) is 0 Å². The highest BCUT2D eigenvalue weighted by molar-refractivity contribution is 5.82. The minimum atomic E-state index is 0.0116. The molecule has 1 aliphatic heterocycles. The Labute approximate surface area is 74.1 Å². The molecule has 0 saturated carbocycles. The zero-order valence-electron chi connectivity index (χ0n) is 8.13. The lowest BCUT2D eigenvalue weighted by atomic mass is 10.1. The molecule has 1 atom stereocenters. The largest absolute Gasteiger partial charge is 0.340 e. The molecule has 1 aliphatic rings. The lowest BCUT2D eigenvalue weighted by molar-refractivity contribution is -0.135. The van der Waals surface area contributed by atoms with Crippen LogP contribution in [0.4, 0.5) is 0 Å². The van der Waals surface area contributed by atoms with Gasteiger partial charge in [-0.2, -0.15) is 0 Å². The highest BCUT2D eigenvalue weighted by atomic mass is 16.2. The second-order valence-electron chi connectivity index (χ2n) is 3.85. The van der Waals surface area contributed by atoms with Crippen LogP contribution < -0.4 is 5.32 Å². The molecule has 1 amide bonds. The van der Waals surface area contributed by atoms with Gasteiger partial charge in [0.1, 0.15) is 0 Å². The van der Waals surface area contributed by atoms with Gasteiger partial charge in [0.25, 0.3) is 0 Å². The van der Waals surface area contributed by atoms with Crippen molar-refractivity contribution in [2.45, 2.75) is 26.8 Å². The zero-order valence-corrected chi connectivity index (χ0v) is 8.13. The summed E-state index contributed by atoms with van der Waals surface area (Å²) >= 11 is 0. The summed E-state index contributed by atoms with van der Waals surface area (Å²) in [6.45, 7) is 8.89. The molecule has 1 fully saturated rings. The van der Waals surface area contributed by atoms with E-state index in [2.05, 4.69) is 19.2 Å². The lowest BCUT2D eigenvalue weighted by Crippen LogP contribution is -2.54. The first kappa shape index (κ1) is 9.52. The monoisotopic (exact) mass is 170 g/mol. The second kappa shape index (κ2) is 3.90. The molecule has 0 aromatic heterocycles. The number of hydrogen-bond donors (Lipinski definition) is 1. The Kier molecular flexibility index (Phi) is 3.09. The van der Waals surface area contributed by atoms with Crippen molar-refractivity contribution in [2.24, 2.45) is 5.92 Å². The van der Waals surface area contributed by atoms with Crippen molar-refractivity contribution in [3.63, 3.8) is 0 Å². The molecule has 3 nitrogen and oxygen atoms in total. The average Bonchev–Trinajstić information content (AvgIpc) is 1.98. The fraction of sp³-hybridized carbons (Fsp3) is 0.889. The van der Waals surface area contributed by atoms with E-state index in [0.717, 1.165) is 19.6 Å². The molecule has 0 aromatic rings. The molecule has 0 spiro atoms. The SMILES string of the molecule is CC(C)CN1CCN[C@@H](C)C1=O. The third kappa shape index (κ3) is 2.21. The van der Waals surface area contributed by atoms with Gasteiger partial charge in [-0.15, -0.1) is 0 Å². The van der Waals surface area contributed by atoms with Gasteiger partial charge < -0.3 is 10.2 Å². The topological polar surface area (TPSA) is 32.3 Å². The van der Waals surface area contributed by atoms with Crippen molar-refractivity contribution in [3.05, 3.63) is 0 Å². The molecular formula is C9H18N2O. The first-order valence-electron chi connectivity index (χ1n) is 4.63. The summed E-state index contributed by atoms with van der Waals surface area (Å²) in [5.74, 6) is 0.814. The number of carbonyl (C=O) groups is 1. The van der Waals surface area contributed by atoms with E-state index in [1.165, 1.54) is 0 Å². The maximum Gasteiger partial charge on any atom is 0.239 e. The number of nitrogens with one attached hydrogen (secondary N) is 1. The Bertz CT molecular complexity index is 168. The molecule has 3 heteroatoms. The number of nitrogens with zero attached hydrogens (tertiary/aromatic N) is 1. The Morgan fingerprint density at radius 3 is 2.92 bits per heavy atom. The summed E-state index contributed by atoms with van der Waals surface area (Å²) in [4.78, 5) is 13.5. The predicted octanol–water partition coefficient (Wildman–Crippen LogP) is 0.463. The first-order chi connectivity index (χ1) is 5.61. The van der Waals surface area contributed by atoms with Crippen LogP contribution in [-0.4, -0.2) is 36.5 Å². The Balaban J connectivity index is 2.46. The van der Waals surface area contributed by atoms with E-state index in [9.17, 15) is 4.79 Å². The van der Waals surface area contributed by atoms with Gasteiger partial charge in [0, 0.05) is 19.6 Å². The van der Waals surface area contributed by atoms with Crippen molar-refractivity contribution in [2.75, 3.05) is 19.6 Å². The number of rotatable bonds is 2. The molecular weight excluding hydrogens is 152 g/mol. The van der Waals surface area contributed by atoms with Crippen LogP contribution in [0.2, 0.25) is 0 Å². The molecule has 0 aromatic carbocycles. The van der Waals surface area contributed by atoms with Crippen LogP contribution in [0.15, 0.2) is 0 Å². The molecule has 0 aliphatic carbocycles. The van der Waals surface area contributed by atoms with E-state index in [1.807, 2.05) is 11.8 Å². The van der Waals surface area contributed by atoms with E-state index in [1.54, 1.807) is 0 Å². The van der Waals surface area contributed by atoms with Crippen molar-refractivity contribution >= 4 is 5.91 Å². The van der Waals surface area contributed by atoms with Crippen LogP contribution in [0.5, 0.6) is 0 Å². The Morgan fingerprint density at radius 1 is 1.67 bits per heavy atom. The van der Waals surface area contributed by atoms with Crippen molar-refractivity contribution < 1.29 is 4.79 Å². The molecule has 1 heterocycles. The Morgan fingerprint density at radius 2 is 2.33 bits per heavy atom. The molecule has 1 N–H and O–H groups in total. The Hall–Kier alpha value is -0.570. The standard InChI is InChI=1S/C9H18N2O/c1-7(2)6-11-5-4-10-8(3)9(11)12/h7-8,10H,4-6H2,1-3H3/t8-/m0/s1. The molecule has 70 valence electrons. The molecule has 1 saturated heterocycles. The molecule has 0 unspecified atom stereocenters. The highest BCUT2D eigenvalue weighted by Gasteiger charge is 2.24. The van der Waals surface area contributed by atoms with Gasteiger partial charge >= 0.3 is 0 Å². The van der Waals surface area contributed by atoms with Gasteiger partial charge in [0.15, 0.2) is 0 Å². The van der Waals surface area contributed by atoms with Crippen LogP contribution >= 0.6 is 0 Å². The van der Waals surface area contributed by atoms with Gasteiger partial charge in [0.05, 0.1) is 6.04 Å². The third-order valence-corrected chi connectivity index (χ3v) is 2.10. The molecule has 12 heavy (non-hydrogen) atoms. The zero-order chi connectivity index (χ0) is 9.14. The van der Waals surface area contributed by atoms with Gasteiger partial charge in [-0.25, -0.2) is 0 Å². The quantitative estimate of drug-likeness (QED) is 0.653. The van der Waals surface area contributed by atoms with Crippen molar-refractivity contribution in [1.82, 2.24) is 10.2 Å². The van der Waals surface area contributed by atoms with Gasteiger partial charge in [-0.05, 0) is 12.8 Å². The van der Waals surface area contributed by atoms with Gasteiger partial charge in [0.2, 0.25) is 5.91 Å². The summed E-state index contributed by atoms with van der Waals surface area (Å²) in [5, 5.41) is 3.14. The molecule has 0 radical (unpaired) electrons. The minimum absolute atomic E-state index is 0.0116. The van der Waals surface area contributed by atoms with E-state index in [0.29, 0.717) is 5.92 Å². The second-order valence-corrected chi connectivity index (χ2v) is 3.85. The van der Waals surface area contributed by atoms with Gasteiger partial charge in [-0.1, -0.05) is 13.8 Å². The fourth-order valence-electron chi connectivity index (χ4n) is 1.51. The fourth-order valence-corrected chi connectivity index (χ4v) is 1.51. The van der Waals surface area contributed by atoms with E-state index in [4.69, 9.17) is 0 Å². The predicted molar refractivity (Wildman–Crippen MR) is 48.9 cm³/mol. The van der Waals surface area contributed by atoms with Crippen LogP contribution in [0, 0.1) is 5.92 Å². The maximum atomic E-state index is 11.5. The maximum absolute atomic E-state index is 11.5. The minimum Gasteiger partial charge on any atom is -0.340 e. The van der Waals surface area contributed by atoms with Crippen molar-refractivity contribution in [3.8, 4) is 0 Å². The van der Waals surface area contributed by atoms with Crippen LogP contribution in [-0.2, 0) is 4.79 Å².